The number of aryl methyl sites for hydroxylation is 1. The summed E-state index contributed by atoms with van der Waals surface area (Å²) in [5, 5.41) is 3.44. The molecule has 1 aliphatic rings. The van der Waals surface area contributed by atoms with E-state index in [0.717, 1.165) is 49.6 Å². The van der Waals surface area contributed by atoms with Crippen LogP contribution in [0.15, 0.2) is 52.3 Å². The Hall–Kier alpha value is -2.88. The van der Waals surface area contributed by atoms with Gasteiger partial charge >= 0.3 is 6.18 Å². The van der Waals surface area contributed by atoms with Crippen molar-refractivity contribution in [1.82, 2.24) is 9.55 Å². The van der Waals surface area contributed by atoms with Gasteiger partial charge in [-0.25, -0.2) is 4.98 Å². The summed E-state index contributed by atoms with van der Waals surface area (Å²) in [6.45, 7) is 1.48. The second-order valence-electron chi connectivity index (χ2n) is 7.61. The van der Waals surface area contributed by atoms with Gasteiger partial charge in [0.15, 0.2) is 10.9 Å². The summed E-state index contributed by atoms with van der Waals surface area (Å²) in [4.78, 5) is 19.0. The second kappa shape index (κ2) is 9.32. The highest BCUT2D eigenvalue weighted by molar-refractivity contribution is 7.98. The third-order valence-electron chi connectivity index (χ3n) is 5.27. The van der Waals surface area contributed by atoms with E-state index in [1.165, 1.54) is 23.9 Å². The molecule has 0 bridgehead atoms. The van der Waals surface area contributed by atoms with Gasteiger partial charge in [0.05, 0.1) is 22.7 Å². The summed E-state index contributed by atoms with van der Waals surface area (Å²) in [5.41, 5.74) is -0.0876. The van der Waals surface area contributed by atoms with E-state index in [9.17, 15) is 18.0 Å². The quantitative estimate of drug-likeness (QED) is 0.484. The number of anilines is 2. The standard InChI is InChI=1S/C22H23F3N4O2S/c1-28-12-9-26-21(28)32-14-16-6-8-19(31-16)20(30)27-17-13-15(22(23,24)25)5-7-18(17)29-10-3-2-4-11-29/h5-9,12-13H,2-4,10-11,14H2,1H3,(H,27,30). The van der Waals surface area contributed by atoms with Crippen LogP contribution in [0, 0.1) is 0 Å². The van der Waals surface area contributed by atoms with Crippen LogP contribution in [-0.2, 0) is 19.0 Å². The molecule has 1 saturated heterocycles. The number of hydrogen-bond acceptors (Lipinski definition) is 5. The van der Waals surface area contributed by atoms with Crippen molar-refractivity contribution in [2.45, 2.75) is 36.3 Å². The molecule has 10 heteroatoms. The van der Waals surface area contributed by atoms with E-state index < -0.39 is 17.6 Å². The number of benzene rings is 1. The van der Waals surface area contributed by atoms with E-state index in [1.54, 1.807) is 12.3 Å². The van der Waals surface area contributed by atoms with Crippen molar-refractivity contribution in [2.75, 3.05) is 23.3 Å². The number of rotatable bonds is 6. The molecule has 32 heavy (non-hydrogen) atoms. The zero-order valence-corrected chi connectivity index (χ0v) is 18.3. The molecule has 170 valence electrons. The van der Waals surface area contributed by atoms with Crippen molar-refractivity contribution >= 4 is 29.0 Å². The Labute approximate surface area is 187 Å². The van der Waals surface area contributed by atoms with Crippen LogP contribution in [0.1, 0.15) is 41.1 Å². The predicted octanol–water partition coefficient (Wildman–Crippen LogP) is 5.57. The molecule has 1 aliphatic heterocycles. The van der Waals surface area contributed by atoms with E-state index in [4.69, 9.17) is 4.42 Å². The van der Waals surface area contributed by atoms with Crippen molar-refractivity contribution in [3.8, 4) is 0 Å². The van der Waals surface area contributed by atoms with Crippen LogP contribution in [0.5, 0.6) is 0 Å². The number of carbonyl (C=O) groups is 1. The lowest BCUT2D eigenvalue weighted by Gasteiger charge is -2.31. The molecule has 0 atom stereocenters. The minimum Gasteiger partial charge on any atom is -0.455 e. The van der Waals surface area contributed by atoms with Crippen LogP contribution in [0.3, 0.4) is 0 Å². The molecule has 4 rings (SSSR count). The van der Waals surface area contributed by atoms with Crippen molar-refractivity contribution in [2.24, 2.45) is 7.05 Å². The Balaban J connectivity index is 1.51. The molecule has 1 amide bonds. The zero-order valence-electron chi connectivity index (χ0n) is 17.5. The number of alkyl halides is 3. The fourth-order valence-electron chi connectivity index (χ4n) is 3.61. The minimum absolute atomic E-state index is 0.0439. The number of aromatic nitrogens is 2. The van der Waals surface area contributed by atoms with Gasteiger partial charge in [-0.05, 0) is 49.6 Å². The van der Waals surface area contributed by atoms with Gasteiger partial charge in [0, 0.05) is 32.5 Å². The Morgan fingerprint density at radius 1 is 1.19 bits per heavy atom. The molecular weight excluding hydrogens is 441 g/mol. The van der Waals surface area contributed by atoms with Gasteiger partial charge in [-0.1, -0.05) is 11.8 Å². The van der Waals surface area contributed by atoms with Gasteiger partial charge in [0.1, 0.15) is 5.76 Å². The molecule has 1 fully saturated rings. The first-order chi connectivity index (χ1) is 15.3. The first kappa shape index (κ1) is 22.3. The summed E-state index contributed by atoms with van der Waals surface area (Å²) in [5.74, 6) is 0.502. The summed E-state index contributed by atoms with van der Waals surface area (Å²) < 4.78 is 47.3. The highest BCUT2D eigenvalue weighted by atomic mass is 32.2. The molecule has 0 spiro atoms. The van der Waals surface area contributed by atoms with Gasteiger partial charge in [-0.2, -0.15) is 13.2 Å². The van der Waals surface area contributed by atoms with Gasteiger partial charge in [0.2, 0.25) is 0 Å². The Bertz CT molecular complexity index is 1090. The Morgan fingerprint density at radius 3 is 2.66 bits per heavy atom. The number of nitrogens with zero attached hydrogens (tertiary/aromatic N) is 3. The first-order valence-electron chi connectivity index (χ1n) is 10.3. The number of carbonyl (C=O) groups excluding carboxylic acids is 1. The smallest absolute Gasteiger partial charge is 0.416 e. The average molecular weight is 465 g/mol. The van der Waals surface area contributed by atoms with Crippen molar-refractivity contribution in [3.05, 3.63) is 59.8 Å². The van der Waals surface area contributed by atoms with Crippen LogP contribution in [-0.4, -0.2) is 28.5 Å². The SMILES string of the molecule is Cn1ccnc1SCc1ccc(C(=O)Nc2cc(C(F)(F)F)ccc2N2CCCCC2)o1. The van der Waals surface area contributed by atoms with Crippen LogP contribution in [0.4, 0.5) is 24.5 Å². The summed E-state index contributed by atoms with van der Waals surface area (Å²) >= 11 is 1.46. The lowest BCUT2D eigenvalue weighted by Crippen LogP contribution is -2.30. The fraction of sp³-hybridized carbons (Fsp3) is 0.364. The second-order valence-corrected chi connectivity index (χ2v) is 8.55. The normalized spacial score (nSPS) is 14.6. The molecule has 1 aromatic carbocycles. The third kappa shape index (κ3) is 5.12. The van der Waals surface area contributed by atoms with Gasteiger partial charge < -0.3 is 19.2 Å². The first-order valence-corrected chi connectivity index (χ1v) is 11.3. The number of nitrogens with one attached hydrogen (secondary N) is 1. The van der Waals surface area contributed by atoms with Crippen LogP contribution >= 0.6 is 11.8 Å². The maximum Gasteiger partial charge on any atom is 0.416 e. The minimum atomic E-state index is -4.50. The fourth-order valence-corrected chi connectivity index (χ4v) is 4.44. The van der Waals surface area contributed by atoms with E-state index in [-0.39, 0.29) is 11.4 Å². The molecular formula is C22H23F3N4O2S. The highest BCUT2D eigenvalue weighted by Gasteiger charge is 2.32. The van der Waals surface area contributed by atoms with Crippen LogP contribution < -0.4 is 10.2 Å². The highest BCUT2D eigenvalue weighted by Crippen LogP contribution is 2.36. The summed E-state index contributed by atoms with van der Waals surface area (Å²) in [7, 11) is 1.88. The molecule has 0 radical (unpaired) electrons. The van der Waals surface area contributed by atoms with E-state index in [0.29, 0.717) is 17.2 Å². The molecule has 2 aromatic heterocycles. The molecule has 3 heterocycles. The van der Waals surface area contributed by atoms with Gasteiger partial charge in [-0.3, -0.25) is 4.79 Å². The number of amides is 1. The Kier molecular flexibility index (Phi) is 6.50. The lowest BCUT2D eigenvalue weighted by atomic mass is 10.1. The van der Waals surface area contributed by atoms with E-state index in [2.05, 4.69) is 10.3 Å². The number of halogens is 3. The maximum atomic E-state index is 13.3. The van der Waals surface area contributed by atoms with Crippen molar-refractivity contribution in [1.29, 1.82) is 0 Å². The van der Waals surface area contributed by atoms with Crippen LogP contribution in [0.2, 0.25) is 0 Å². The topological polar surface area (TPSA) is 63.3 Å². The summed E-state index contributed by atoms with van der Waals surface area (Å²) in [6, 6.07) is 6.68. The van der Waals surface area contributed by atoms with Crippen molar-refractivity contribution < 1.29 is 22.4 Å². The Morgan fingerprint density at radius 2 is 1.97 bits per heavy atom. The van der Waals surface area contributed by atoms with E-state index in [1.807, 2.05) is 22.7 Å². The van der Waals surface area contributed by atoms with Crippen LogP contribution in [0.25, 0.3) is 0 Å². The molecule has 6 nitrogen and oxygen atoms in total. The molecule has 0 unspecified atom stereocenters. The number of hydrogen-bond donors (Lipinski definition) is 1. The summed E-state index contributed by atoms with van der Waals surface area (Å²) in [6.07, 6.45) is 2.04. The van der Waals surface area contributed by atoms with E-state index >= 15 is 0 Å². The molecule has 1 N–H and O–H groups in total. The number of imidazole rings is 1. The molecule has 0 saturated carbocycles. The third-order valence-corrected chi connectivity index (χ3v) is 6.36. The van der Waals surface area contributed by atoms with Gasteiger partial charge in [-0.15, -0.1) is 0 Å². The van der Waals surface area contributed by atoms with Crippen molar-refractivity contribution in [3.63, 3.8) is 0 Å². The number of piperidine rings is 1. The average Bonchev–Trinajstić information content (AvgIpc) is 3.41. The molecule has 0 aliphatic carbocycles. The van der Waals surface area contributed by atoms with Gasteiger partial charge in [0.25, 0.3) is 5.91 Å². The lowest BCUT2D eigenvalue weighted by molar-refractivity contribution is -0.137. The zero-order chi connectivity index (χ0) is 22.7. The number of furan rings is 1. The monoisotopic (exact) mass is 464 g/mol. The largest absolute Gasteiger partial charge is 0.455 e. The predicted molar refractivity (Wildman–Crippen MR) is 117 cm³/mol. The molecule has 3 aromatic rings. The number of thioether (sulfide) groups is 1. The maximum absolute atomic E-state index is 13.3.